The minimum atomic E-state index is -0.512. The molecule has 0 unspecified atom stereocenters. The molecule has 90 valence electrons. The van der Waals surface area contributed by atoms with Crippen LogP contribution in [0.15, 0.2) is 0 Å². The fourth-order valence-electron chi connectivity index (χ4n) is 3.37. The van der Waals surface area contributed by atoms with Gasteiger partial charge < -0.3 is 14.2 Å². The number of fused-ring (bicyclic) bond motifs is 2. The molecular formula is C12H18O4. The molecule has 0 amide bonds. The highest BCUT2D eigenvalue weighted by atomic mass is 16.8. The third-order valence-corrected chi connectivity index (χ3v) is 3.95. The third-order valence-electron chi connectivity index (χ3n) is 3.95. The van der Waals surface area contributed by atoms with E-state index in [-0.39, 0.29) is 23.8 Å². The summed E-state index contributed by atoms with van der Waals surface area (Å²) in [6.07, 6.45) is 2.30. The molecule has 4 nitrogen and oxygen atoms in total. The molecule has 4 heteroatoms. The van der Waals surface area contributed by atoms with Gasteiger partial charge in [0.15, 0.2) is 5.79 Å². The van der Waals surface area contributed by atoms with Gasteiger partial charge in [-0.1, -0.05) is 0 Å². The first-order chi connectivity index (χ1) is 7.38. The molecule has 3 fully saturated rings. The van der Waals surface area contributed by atoms with E-state index in [1.54, 1.807) is 0 Å². The Balaban J connectivity index is 1.83. The topological polar surface area (TPSA) is 44.8 Å². The van der Waals surface area contributed by atoms with Gasteiger partial charge in [-0.3, -0.25) is 4.79 Å². The van der Waals surface area contributed by atoms with E-state index in [4.69, 9.17) is 14.2 Å². The molecule has 0 radical (unpaired) electrons. The lowest BCUT2D eigenvalue weighted by molar-refractivity contribution is -0.165. The fourth-order valence-corrected chi connectivity index (χ4v) is 3.37. The predicted molar refractivity (Wildman–Crippen MR) is 55.7 cm³/mol. The van der Waals surface area contributed by atoms with Crippen LogP contribution in [0.2, 0.25) is 0 Å². The van der Waals surface area contributed by atoms with E-state index in [1.807, 2.05) is 13.8 Å². The first kappa shape index (κ1) is 10.5. The lowest BCUT2D eigenvalue weighted by atomic mass is 9.76. The summed E-state index contributed by atoms with van der Waals surface area (Å²) in [4.78, 5) is 11.3. The first-order valence-corrected chi connectivity index (χ1v) is 5.95. The Labute approximate surface area is 95.2 Å². The van der Waals surface area contributed by atoms with Gasteiger partial charge in [0.05, 0.1) is 18.1 Å². The van der Waals surface area contributed by atoms with Gasteiger partial charge in [0.1, 0.15) is 6.10 Å². The van der Waals surface area contributed by atoms with E-state index < -0.39 is 5.79 Å². The quantitative estimate of drug-likeness (QED) is 0.589. The maximum atomic E-state index is 11.3. The number of hydrogen-bond donors (Lipinski definition) is 0. The van der Waals surface area contributed by atoms with Gasteiger partial charge in [-0.2, -0.15) is 0 Å². The van der Waals surface area contributed by atoms with Crippen molar-refractivity contribution < 1.29 is 19.0 Å². The average Bonchev–Trinajstić information content (AvgIpc) is 2.52. The molecular weight excluding hydrogens is 208 g/mol. The van der Waals surface area contributed by atoms with Gasteiger partial charge in [0.2, 0.25) is 0 Å². The molecule has 0 N–H and O–H groups in total. The molecule has 3 rings (SSSR count). The average molecular weight is 226 g/mol. The van der Waals surface area contributed by atoms with Crippen molar-refractivity contribution >= 4 is 5.97 Å². The lowest BCUT2D eigenvalue weighted by Crippen LogP contribution is -2.47. The molecule has 0 spiro atoms. The molecule has 1 aliphatic carbocycles. The second-order valence-corrected chi connectivity index (χ2v) is 5.85. The van der Waals surface area contributed by atoms with Crippen LogP contribution in [-0.4, -0.2) is 29.6 Å². The SMILES string of the molecule is CC1(C)O[C@@H]2C[C@@H]3CC(=O)O[C@@H]3C[C@]2(C)O1. The minimum absolute atomic E-state index is 0.0336. The van der Waals surface area contributed by atoms with Gasteiger partial charge in [-0.05, 0) is 27.2 Å². The van der Waals surface area contributed by atoms with Gasteiger partial charge in [0.25, 0.3) is 0 Å². The zero-order valence-corrected chi connectivity index (χ0v) is 9.99. The smallest absolute Gasteiger partial charge is 0.306 e. The molecule has 1 saturated carbocycles. The van der Waals surface area contributed by atoms with Crippen molar-refractivity contribution in [1.29, 1.82) is 0 Å². The van der Waals surface area contributed by atoms with Crippen LogP contribution in [0.3, 0.4) is 0 Å². The molecule has 2 saturated heterocycles. The van der Waals surface area contributed by atoms with Gasteiger partial charge >= 0.3 is 5.97 Å². The van der Waals surface area contributed by atoms with Crippen molar-refractivity contribution in [3.8, 4) is 0 Å². The Morgan fingerprint density at radius 2 is 2.06 bits per heavy atom. The van der Waals surface area contributed by atoms with Crippen LogP contribution in [0, 0.1) is 5.92 Å². The Bertz CT molecular complexity index is 338. The van der Waals surface area contributed by atoms with E-state index in [9.17, 15) is 4.79 Å². The zero-order chi connectivity index (χ0) is 11.6. The Kier molecular flexibility index (Phi) is 1.97. The number of esters is 1. The summed E-state index contributed by atoms with van der Waals surface area (Å²) in [6.45, 7) is 5.95. The van der Waals surface area contributed by atoms with Crippen molar-refractivity contribution in [2.45, 2.75) is 63.6 Å². The second kappa shape index (κ2) is 2.99. The van der Waals surface area contributed by atoms with Crippen molar-refractivity contribution in [2.75, 3.05) is 0 Å². The molecule has 0 aromatic rings. The second-order valence-electron chi connectivity index (χ2n) is 5.85. The lowest BCUT2D eigenvalue weighted by Gasteiger charge is -2.38. The molecule has 3 aliphatic rings. The molecule has 0 bridgehead atoms. The van der Waals surface area contributed by atoms with E-state index in [0.717, 1.165) is 12.8 Å². The van der Waals surface area contributed by atoms with Crippen LogP contribution in [0.25, 0.3) is 0 Å². The number of carbonyl (C=O) groups excluding carboxylic acids is 1. The van der Waals surface area contributed by atoms with E-state index in [0.29, 0.717) is 12.3 Å². The third kappa shape index (κ3) is 1.47. The summed E-state index contributed by atoms with van der Waals surface area (Å²) >= 11 is 0. The largest absolute Gasteiger partial charge is 0.462 e. The van der Waals surface area contributed by atoms with Gasteiger partial charge in [-0.15, -0.1) is 0 Å². The number of ether oxygens (including phenoxy) is 3. The summed E-state index contributed by atoms with van der Waals surface area (Å²) in [7, 11) is 0. The highest BCUT2D eigenvalue weighted by Crippen LogP contribution is 2.49. The molecule has 2 aliphatic heterocycles. The highest BCUT2D eigenvalue weighted by molar-refractivity contribution is 5.72. The Hall–Kier alpha value is -0.610. The van der Waals surface area contributed by atoms with Crippen LogP contribution in [-0.2, 0) is 19.0 Å². The highest BCUT2D eigenvalue weighted by Gasteiger charge is 2.57. The standard InChI is InChI=1S/C12H18O4/c1-11(2)15-9-4-7-5-10(13)14-8(7)6-12(9,3)16-11/h7-9H,4-6H2,1-3H3/t7-,8-,9-,12+/m1/s1. The van der Waals surface area contributed by atoms with Gasteiger partial charge in [0, 0.05) is 12.3 Å². The normalized spacial score (nSPS) is 49.7. The Morgan fingerprint density at radius 3 is 2.81 bits per heavy atom. The van der Waals surface area contributed by atoms with Crippen LogP contribution in [0.4, 0.5) is 0 Å². The molecule has 4 atom stereocenters. The van der Waals surface area contributed by atoms with Crippen LogP contribution >= 0.6 is 0 Å². The van der Waals surface area contributed by atoms with Crippen molar-refractivity contribution in [3.63, 3.8) is 0 Å². The van der Waals surface area contributed by atoms with Crippen LogP contribution in [0.5, 0.6) is 0 Å². The first-order valence-electron chi connectivity index (χ1n) is 5.95. The minimum Gasteiger partial charge on any atom is -0.462 e. The summed E-state index contributed by atoms with van der Waals surface area (Å²) in [6, 6.07) is 0. The van der Waals surface area contributed by atoms with Crippen molar-refractivity contribution in [2.24, 2.45) is 5.92 Å². The van der Waals surface area contributed by atoms with E-state index in [2.05, 4.69) is 6.92 Å². The molecule has 0 aromatic carbocycles. The maximum Gasteiger partial charge on any atom is 0.306 e. The van der Waals surface area contributed by atoms with E-state index in [1.165, 1.54) is 0 Å². The molecule has 16 heavy (non-hydrogen) atoms. The monoisotopic (exact) mass is 226 g/mol. The van der Waals surface area contributed by atoms with Gasteiger partial charge in [-0.25, -0.2) is 0 Å². The summed E-state index contributed by atoms with van der Waals surface area (Å²) in [5, 5.41) is 0. The van der Waals surface area contributed by atoms with Crippen molar-refractivity contribution in [3.05, 3.63) is 0 Å². The predicted octanol–water partition coefficient (Wildman–Crippen LogP) is 1.62. The zero-order valence-electron chi connectivity index (χ0n) is 9.99. The number of rotatable bonds is 0. The van der Waals surface area contributed by atoms with Crippen LogP contribution in [0.1, 0.15) is 40.0 Å². The number of carbonyl (C=O) groups is 1. The fraction of sp³-hybridized carbons (Fsp3) is 0.917. The maximum absolute atomic E-state index is 11.3. The molecule has 0 aromatic heterocycles. The summed E-state index contributed by atoms with van der Waals surface area (Å²) < 4.78 is 17.2. The van der Waals surface area contributed by atoms with Crippen molar-refractivity contribution in [1.82, 2.24) is 0 Å². The number of hydrogen-bond acceptors (Lipinski definition) is 4. The molecule has 2 heterocycles. The summed E-state index contributed by atoms with van der Waals surface area (Å²) in [5.41, 5.74) is -0.296. The summed E-state index contributed by atoms with van der Waals surface area (Å²) in [5.74, 6) is -0.261. The van der Waals surface area contributed by atoms with E-state index >= 15 is 0 Å². The van der Waals surface area contributed by atoms with Crippen LogP contribution < -0.4 is 0 Å². The Morgan fingerprint density at radius 1 is 1.31 bits per heavy atom.